The number of nitrogens with one attached hydrogen (secondary N) is 2. The van der Waals surface area contributed by atoms with E-state index in [2.05, 4.69) is 19.8 Å². The van der Waals surface area contributed by atoms with Gasteiger partial charge in [0.1, 0.15) is 0 Å². The van der Waals surface area contributed by atoms with E-state index in [1.165, 1.54) is 0 Å². The highest BCUT2D eigenvalue weighted by molar-refractivity contribution is 5.97. The van der Waals surface area contributed by atoms with Gasteiger partial charge in [-0.05, 0) is 69.2 Å². The minimum absolute atomic E-state index is 0.161. The summed E-state index contributed by atoms with van der Waals surface area (Å²) in [7, 11) is 1.88. The van der Waals surface area contributed by atoms with Crippen LogP contribution < -0.4 is 10.9 Å². The van der Waals surface area contributed by atoms with Crippen molar-refractivity contribution in [1.82, 2.24) is 24.5 Å². The molecule has 0 aliphatic rings. The number of fused-ring (bicyclic) bond motifs is 1. The van der Waals surface area contributed by atoms with Crippen molar-refractivity contribution in [1.29, 1.82) is 0 Å². The largest absolute Gasteiger partial charge is 0.366 e. The van der Waals surface area contributed by atoms with Crippen LogP contribution in [0, 0.1) is 20.8 Å². The lowest BCUT2D eigenvalue weighted by molar-refractivity contribution is 0.0448. The number of H-pyrrole nitrogens is 1. The van der Waals surface area contributed by atoms with Gasteiger partial charge in [-0.15, -0.1) is 0 Å². The Morgan fingerprint density at radius 2 is 2.03 bits per heavy atom. The number of ether oxygens (including phenoxy) is 1. The first-order valence-electron chi connectivity index (χ1n) is 10.9. The van der Waals surface area contributed by atoms with Crippen molar-refractivity contribution in [2.24, 2.45) is 7.05 Å². The number of amides is 1. The van der Waals surface area contributed by atoms with Crippen molar-refractivity contribution in [2.45, 2.75) is 47.0 Å². The molecule has 0 saturated heterocycles. The van der Waals surface area contributed by atoms with Crippen molar-refractivity contribution in [2.75, 3.05) is 0 Å². The van der Waals surface area contributed by atoms with Gasteiger partial charge in [0, 0.05) is 48.3 Å². The van der Waals surface area contributed by atoms with E-state index in [0.29, 0.717) is 17.7 Å². The standard InChI is InChI=1S/C25H29N5O3/c1-15-11-16(2)28-25(32)22(15)13-26-24(31)21-12-19-7-6-10-30(19)23(17(21)3)18(4)33-14-20-8-9-27-29(20)5/h6-12,18H,13-14H2,1-5H3,(H,26,31)(H,28,32). The molecule has 1 unspecified atom stereocenters. The van der Waals surface area contributed by atoms with Gasteiger partial charge in [0.15, 0.2) is 0 Å². The first kappa shape index (κ1) is 22.5. The molecule has 172 valence electrons. The Bertz CT molecular complexity index is 1380. The number of hydrogen-bond donors (Lipinski definition) is 2. The topological polar surface area (TPSA) is 93.4 Å². The molecule has 4 rings (SSSR count). The molecule has 1 amide bonds. The van der Waals surface area contributed by atoms with Crippen LogP contribution in [0.1, 0.15) is 57.2 Å². The monoisotopic (exact) mass is 447 g/mol. The molecule has 0 spiro atoms. The Kier molecular flexibility index (Phi) is 6.20. The lowest BCUT2D eigenvalue weighted by Gasteiger charge is -2.21. The van der Waals surface area contributed by atoms with Crippen LogP contribution in [0.2, 0.25) is 0 Å². The van der Waals surface area contributed by atoms with Crippen LogP contribution in [-0.4, -0.2) is 25.1 Å². The minimum Gasteiger partial charge on any atom is -0.366 e. The van der Waals surface area contributed by atoms with Gasteiger partial charge in [-0.3, -0.25) is 14.3 Å². The Hall–Kier alpha value is -3.65. The summed E-state index contributed by atoms with van der Waals surface area (Å²) in [5.74, 6) is -0.226. The maximum atomic E-state index is 13.2. The average Bonchev–Trinajstić information content (AvgIpc) is 3.39. The van der Waals surface area contributed by atoms with Gasteiger partial charge in [0.25, 0.3) is 11.5 Å². The molecular formula is C25H29N5O3. The molecular weight excluding hydrogens is 418 g/mol. The molecule has 4 aromatic heterocycles. The second-order valence-corrected chi connectivity index (χ2v) is 8.40. The Labute approximate surface area is 192 Å². The second-order valence-electron chi connectivity index (χ2n) is 8.40. The average molecular weight is 448 g/mol. The fourth-order valence-corrected chi connectivity index (χ4v) is 4.24. The molecule has 0 saturated carbocycles. The van der Waals surface area contributed by atoms with Gasteiger partial charge >= 0.3 is 0 Å². The molecule has 4 heterocycles. The molecule has 0 aliphatic heterocycles. The van der Waals surface area contributed by atoms with Gasteiger partial charge in [0.2, 0.25) is 0 Å². The molecule has 4 aromatic rings. The second kappa shape index (κ2) is 9.07. The Balaban J connectivity index is 1.60. The number of aryl methyl sites for hydroxylation is 3. The highest BCUT2D eigenvalue weighted by Crippen LogP contribution is 2.27. The number of rotatable bonds is 7. The van der Waals surface area contributed by atoms with E-state index in [1.807, 2.05) is 71.3 Å². The molecule has 8 nitrogen and oxygen atoms in total. The molecule has 0 radical (unpaired) electrons. The zero-order chi connectivity index (χ0) is 23.7. The van der Waals surface area contributed by atoms with Gasteiger partial charge in [-0.2, -0.15) is 5.10 Å². The summed E-state index contributed by atoms with van der Waals surface area (Å²) in [6.45, 7) is 8.19. The minimum atomic E-state index is -0.260. The van der Waals surface area contributed by atoms with Crippen LogP contribution in [0.15, 0.2) is 47.5 Å². The van der Waals surface area contributed by atoms with E-state index in [-0.39, 0.29) is 24.1 Å². The Morgan fingerprint density at radius 1 is 1.24 bits per heavy atom. The van der Waals surface area contributed by atoms with E-state index < -0.39 is 0 Å². The summed E-state index contributed by atoms with van der Waals surface area (Å²) in [6.07, 6.45) is 3.45. The third-order valence-corrected chi connectivity index (χ3v) is 6.07. The SMILES string of the molecule is Cc1cc(C)c(CNC(=O)c2cc3cccn3c(C(C)OCc3ccnn3C)c2C)c(=O)[nH]1. The number of hydrogen-bond acceptors (Lipinski definition) is 4. The summed E-state index contributed by atoms with van der Waals surface area (Å²) < 4.78 is 9.99. The number of nitrogens with zero attached hydrogens (tertiary/aromatic N) is 3. The summed E-state index contributed by atoms with van der Waals surface area (Å²) in [5.41, 5.74) is 6.22. The summed E-state index contributed by atoms with van der Waals surface area (Å²) in [6, 6.07) is 9.60. The van der Waals surface area contributed by atoms with Crippen molar-refractivity contribution < 1.29 is 9.53 Å². The van der Waals surface area contributed by atoms with E-state index in [0.717, 1.165) is 33.7 Å². The van der Waals surface area contributed by atoms with Crippen molar-refractivity contribution >= 4 is 11.4 Å². The third-order valence-electron chi connectivity index (χ3n) is 6.07. The van der Waals surface area contributed by atoms with E-state index in [1.54, 1.807) is 10.9 Å². The molecule has 0 aliphatic carbocycles. The molecule has 2 N–H and O–H groups in total. The first-order chi connectivity index (χ1) is 15.8. The van der Waals surface area contributed by atoms with Crippen molar-refractivity contribution in [3.63, 3.8) is 0 Å². The Morgan fingerprint density at radius 3 is 2.73 bits per heavy atom. The third kappa shape index (κ3) is 4.47. The zero-order valence-electron chi connectivity index (χ0n) is 19.6. The molecule has 33 heavy (non-hydrogen) atoms. The number of carbonyl (C=O) groups excluding carboxylic acids is 1. The van der Waals surface area contributed by atoms with Gasteiger partial charge in [0.05, 0.1) is 24.1 Å². The summed E-state index contributed by atoms with van der Waals surface area (Å²) >= 11 is 0. The maximum absolute atomic E-state index is 13.2. The van der Waals surface area contributed by atoms with E-state index in [4.69, 9.17) is 4.74 Å². The fraction of sp³-hybridized carbons (Fsp3) is 0.320. The van der Waals surface area contributed by atoms with Gasteiger partial charge in [-0.1, -0.05) is 0 Å². The normalized spacial score (nSPS) is 12.3. The van der Waals surface area contributed by atoms with Gasteiger partial charge in [-0.25, -0.2) is 0 Å². The van der Waals surface area contributed by atoms with Crippen LogP contribution in [0.3, 0.4) is 0 Å². The summed E-state index contributed by atoms with van der Waals surface area (Å²) in [4.78, 5) is 28.3. The summed E-state index contributed by atoms with van der Waals surface area (Å²) in [5, 5.41) is 7.10. The molecule has 0 bridgehead atoms. The van der Waals surface area contributed by atoms with Crippen LogP contribution in [0.25, 0.3) is 5.52 Å². The van der Waals surface area contributed by atoms with Crippen LogP contribution in [0.4, 0.5) is 0 Å². The lowest BCUT2D eigenvalue weighted by Crippen LogP contribution is -2.29. The van der Waals surface area contributed by atoms with Crippen LogP contribution >= 0.6 is 0 Å². The molecule has 1 atom stereocenters. The van der Waals surface area contributed by atoms with E-state index in [9.17, 15) is 9.59 Å². The number of pyridine rings is 2. The van der Waals surface area contributed by atoms with Crippen molar-refractivity contribution in [3.8, 4) is 0 Å². The predicted octanol–water partition coefficient (Wildman–Crippen LogP) is 3.49. The number of carbonyl (C=O) groups is 1. The maximum Gasteiger partial charge on any atom is 0.253 e. The van der Waals surface area contributed by atoms with Crippen LogP contribution in [0.5, 0.6) is 0 Å². The van der Waals surface area contributed by atoms with Crippen LogP contribution in [-0.2, 0) is 24.9 Å². The highest BCUT2D eigenvalue weighted by Gasteiger charge is 2.21. The zero-order valence-corrected chi connectivity index (χ0v) is 19.6. The van der Waals surface area contributed by atoms with Crippen molar-refractivity contribution in [3.05, 3.63) is 92.4 Å². The highest BCUT2D eigenvalue weighted by atomic mass is 16.5. The smallest absolute Gasteiger partial charge is 0.253 e. The predicted molar refractivity (Wildman–Crippen MR) is 126 cm³/mol. The quantitative estimate of drug-likeness (QED) is 0.454. The molecule has 0 fully saturated rings. The number of aromatic amines is 1. The lowest BCUT2D eigenvalue weighted by atomic mass is 10.0. The van der Waals surface area contributed by atoms with Gasteiger partial charge < -0.3 is 19.4 Å². The fourth-order valence-electron chi connectivity index (χ4n) is 4.24. The molecule has 8 heteroatoms. The first-order valence-corrected chi connectivity index (χ1v) is 10.9. The molecule has 0 aromatic carbocycles. The number of aromatic nitrogens is 4. The van der Waals surface area contributed by atoms with E-state index >= 15 is 0 Å².